The van der Waals surface area contributed by atoms with Crippen molar-refractivity contribution in [1.82, 2.24) is 20.5 Å². The molecule has 2 heterocycles. The van der Waals surface area contributed by atoms with Crippen LogP contribution in [0.15, 0.2) is 23.3 Å². The van der Waals surface area contributed by atoms with E-state index in [1.54, 1.807) is 7.05 Å². The fraction of sp³-hybridized carbons (Fsp3) is 0.684. The molecule has 1 aliphatic heterocycles. The SMILES string of the molecule is CN=C(NCCNc1ncccc1C(F)(F)F)NCC(C(C)C)N1CCOCC1.I. The van der Waals surface area contributed by atoms with Gasteiger partial charge in [0.25, 0.3) is 0 Å². The average Bonchev–Trinajstić information content (AvgIpc) is 2.70. The number of guanidine groups is 1. The van der Waals surface area contributed by atoms with Crippen molar-refractivity contribution in [3.63, 3.8) is 0 Å². The van der Waals surface area contributed by atoms with Crippen LogP contribution in [0.3, 0.4) is 0 Å². The Labute approximate surface area is 193 Å². The van der Waals surface area contributed by atoms with Crippen molar-refractivity contribution in [1.29, 1.82) is 0 Å². The Morgan fingerprint density at radius 3 is 2.53 bits per heavy atom. The predicted molar refractivity (Wildman–Crippen MR) is 124 cm³/mol. The van der Waals surface area contributed by atoms with Crippen LogP contribution in [-0.4, -0.2) is 74.9 Å². The summed E-state index contributed by atoms with van der Waals surface area (Å²) >= 11 is 0. The van der Waals surface area contributed by atoms with Crippen LogP contribution in [0.5, 0.6) is 0 Å². The van der Waals surface area contributed by atoms with E-state index in [1.807, 2.05) is 0 Å². The number of nitrogens with zero attached hydrogens (tertiary/aromatic N) is 3. The Hall–Kier alpha value is -1.34. The van der Waals surface area contributed by atoms with E-state index in [9.17, 15) is 13.2 Å². The molecule has 172 valence electrons. The van der Waals surface area contributed by atoms with Crippen LogP contribution in [0, 0.1) is 5.92 Å². The summed E-state index contributed by atoms with van der Waals surface area (Å²) in [4.78, 5) is 10.4. The lowest BCUT2D eigenvalue weighted by Crippen LogP contribution is -2.52. The molecule has 0 radical (unpaired) electrons. The van der Waals surface area contributed by atoms with Crippen molar-refractivity contribution in [3.05, 3.63) is 23.9 Å². The fourth-order valence-electron chi connectivity index (χ4n) is 3.25. The Morgan fingerprint density at radius 1 is 1.23 bits per heavy atom. The number of hydrogen-bond donors (Lipinski definition) is 3. The van der Waals surface area contributed by atoms with Gasteiger partial charge in [-0.05, 0) is 18.1 Å². The third-order valence-corrected chi connectivity index (χ3v) is 4.81. The molecule has 2 rings (SSSR count). The minimum Gasteiger partial charge on any atom is -0.379 e. The molecule has 1 aliphatic rings. The van der Waals surface area contributed by atoms with E-state index in [2.05, 4.69) is 44.7 Å². The lowest BCUT2D eigenvalue weighted by Gasteiger charge is -2.37. The maximum atomic E-state index is 13.0. The zero-order valence-electron chi connectivity index (χ0n) is 17.6. The van der Waals surface area contributed by atoms with Crippen LogP contribution in [0.1, 0.15) is 19.4 Å². The molecule has 0 spiro atoms. The summed E-state index contributed by atoms with van der Waals surface area (Å²) in [5, 5.41) is 9.17. The molecular weight excluding hydrogens is 512 g/mol. The molecule has 0 aromatic carbocycles. The van der Waals surface area contributed by atoms with Crippen LogP contribution in [0.2, 0.25) is 0 Å². The predicted octanol–water partition coefficient (Wildman–Crippen LogP) is 2.65. The zero-order chi connectivity index (χ0) is 21.3. The highest BCUT2D eigenvalue weighted by Gasteiger charge is 2.33. The van der Waals surface area contributed by atoms with Gasteiger partial charge in [0.2, 0.25) is 0 Å². The second-order valence-electron chi connectivity index (χ2n) is 7.16. The summed E-state index contributed by atoms with van der Waals surface area (Å²) in [6.07, 6.45) is -3.10. The minimum absolute atomic E-state index is 0. The number of morpholine rings is 1. The Balaban J connectivity index is 0.00000450. The molecule has 0 aliphatic carbocycles. The largest absolute Gasteiger partial charge is 0.419 e. The number of aromatic nitrogens is 1. The van der Waals surface area contributed by atoms with E-state index in [0.29, 0.717) is 24.5 Å². The molecule has 0 saturated carbocycles. The molecule has 11 heteroatoms. The molecule has 3 N–H and O–H groups in total. The molecule has 1 aromatic heterocycles. The Morgan fingerprint density at radius 2 is 1.93 bits per heavy atom. The molecule has 0 amide bonds. The number of anilines is 1. The third kappa shape index (κ3) is 8.42. The standard InChI is InChI=1S/C19H31F3N6O.HI/c1-14(2)16(28-9-11-29-12-10-28)13-27-18(23-3)26-8-7-25-17-15(19(20,21)22)5-4-6-24-17;/h4-6,14,16H,7-13H2,1-3H3,(H,24,25)(H2,23,26,27);1H. The number of rotatable bonds is 8. The number of aliphatic imine (C=N–C) groups is 1. The normalized spacial score (nSPS) is 16.7. The first-order chi connectivity index (χ1) is 13.8. The fourth-order valence-corrected chi connectivity index (χ4v) is 3.25. The van der Waals surface area contributed by atoms with Crippen LogP contribution in [0.4, 0.5) is 19.0 Å². The van der Waals surface area contributed by atoms with Gasteiger partial charge < -0.3 is 20.7 Å². The third-order valence-electron chi connectivity index (χ3n) is 4.81. The van der Waals surface area contributed by atoms with Crippen molar-refractivity contribution < 1.29 is 17.9 Å². The summed E-state index contributed by atoms with van der Waals surface area (Å²) in [6, 6.07) is 2.64. The van der Waals surface area contributed by atoms with Gasteiger partial charge in [-0.25, -0.2) is 4.98 Å². The van der Waals surface area contributed by atoms with Crippen molar-refractivity contribution in [3.8, 4) is 0 Å². The second kappa shape index (κ2) is 13.2. The van der Waals surface area contributed by atoms with Crippen LogP contribution in [-0.2, 0) is 10.9 Å². The maximum absolute atomic E-state index is 13.0. The quantitative estimate of drug-likeness (QED) is 0.202. The van der Waals surface area contributed by atoms with E-state index in [1.165, 1.54) is 12.3 Å². The highest BCUT2D eigenvalue weighted by molar-refractivity contribution is 14.0. The lowest BCUT2D eigenvalue weighted by molar-refractivity contribution is -0.137. The van der Waals surface area contributed by atoms with E-state index >= 15 is 0 Å². The molecule has 1 saturated heterocycles. The maximum Gasteiger partial charge on any atom is 0.419 e. The molecule has 1 unspecified atom stereocenters. The van der Waals surface area contributed by atoms with E-state index in [0.717, 1.165) is 38.9 Å². The van der Waals surface area contributed by atoms with E-state index in [-0.39, 0.29) is 36.3 Å². The molecular formula is C19H32F3IN6O. The first-order valence-corrected chi connectivity index (χ1v) is 9.85. The van der Waals surface area contributed by atoms with Gasteiger partial charge in [0.15, 0.2) is 5.96 Å². The highest BCUT2D eigenvalue weighted by atomic mass is 127. The molecule has 0 bridgehead atoms. The van der Waals surface area contributed by atoms with Crippen LogP contribution < -0.4 is 16.0 Å². The van der Waals surface area contributed by atoms with Gasteiger partial charge in [-0.3, -0.25) is 9.89 Å². The van der Waals surface area contributed by atoms with Gasteiger partial charge >= 0.3 is 6.18 Å². The molecule has 1 aromatic rings. The summed E-state index contributed by atoms with van der Waals surface area (Å²) in [7, 11) is 1.67. The van der Waals surface area contributed by atoms with Gasteiger partial charge in [-0.1, -0.05) is 13.8 Å². The summed E-state index contributed by atoms with van der Waals surface area (Å²) < 4.78 is 44.4. The second-order valence-corrected chi connectivity index (χ2v) is 7.16. The number of alkyl halides is 3. The first-order valence-electron chi connectivity index (χ1n) is 9.85. The monoisotopic (exact) mass is 544 g/mol. The van der Waals surface area contributed by atoms with Gasteiger partial charge in [0, 0.05) is 52.0 Å². The van der Waals surface area contributed by atoms with Gasteiger partial charge in [0.05, 0.1) is 18.8 Å². The highest BCUT2D eigenvalue weighted by Crippen LogP contribution is 2.33. The minimum atomic E-state index is -4.44. The smallest absolute Gasteiger partial charge is 0.379 e. The number of hydrogen-bond acceptors (Lipinski definition) is 5. The van der Waals surface area contributed by atoms with Gasteiger partial charge in [0.1, 0.15) is 5.82 Å². The molecule has 7 nitrogen and oxygen atoms in total. The van der Waals surface area contributed by atoms with E-state index < -0.39 is 11.7 Å². The number of pyridine rings is 1. The van der Waals surface area contributed by atoms with Crippen molar-refractivity contribution >= 4 is 35.8 Å². The molecule has 1 fully saturated rings. The Bertz CT molecular complexity index is 653. The summed E-state index contributed by atoms with van der Waals surface area (Å²) in [5.74, 6) is 0.907. The lowest BCUT2D eigenvalue weighted by atomic mass is 10.0. The van der Waals surface area contributed by atoms with Crippen molar-refractivity contribution in [2.45, 2.75) is 26.1 Å². The van der Waals surface area contributed by atoms with Crippen LogP contribution in [0.25, 0.3) is 0 Å². The summed E-state index contributed by atoms with van der Waals surface area (Å²) in [6.45, 7) is 9.08. The van der Waals surface area contributed by atoms with Gasteiger partial charge in [-0.15, -0.1) is 24.0 Å². The topological polar surface area (TPSA) is 73.8 Å². The summed E-state index contributed by atoms with van der Waals surface area (Å²) in [5.41, 5.74) is -0.771. The number of halogens is 4. The van der Waals surface area contributed by atoms with Crippen LogP contribution >= 0.6 is 24.0 Å². The van der Waals surface area contributed by atoms with Gasteiger partial charge in [-0.2, -0.15) is 13.2 Å². The van der Waals surface area contributed by atoms with E-state index in [4.69, 9.17) is 4.74 Å². The average molecular weight is 544 g/mol. The van der Waals surface area contributed by atoms with Crippen molar-refractivity contribution in [2.24, 2.45) is 10.9 Å². The number of nitrogens with one attached hydrogen (secondary N) is 3. The Kier molecular flexibility index (Phi) is 11.7. The molecule has 1 atom stereocenters. The zero-order valence-corrected chi connectivity index (χ0v) is 20.0. The molecule has 30 heavy (non-hydrogen) atoms. The first kappa shape index (κ1) is 26.7. The van der Waals surface area contributed by atoms with Crippen molar-refractivity contribution in [2.75, 3.05) is 58.3 Å². The number of ether oxygens (including phenoxy) is 1.